The molecular formula is C57H27N9. The molecule has 12 bridgehead atoms. The number of fused-ring (bicyclic) bond motifs is 12. The third-order valence-corrected chi connectivity index (χ3v) is 8.14. The van der Waals surface area contributed by atoms with E-state index in [0.29, 0.717) is 49.0 Å². The number of aromatic nitrogens is 9. The molecular weight excluding hydrogens is 811 g/mol. The third-order valence-electron chi connectivity index (χ3n) is 8.14. The fourth-order valence-corrected chi connectivity index (χ4v) is 5.70. The summed E-state index contributed by atoms with van der Waals surface area (Å²) in [5.74, 6) is 35.9. The minimum atomic E-state index is 0.168. The number of rotatable bonds is 0. The van der Waals surface area contributed by atoms with E-state index in [1.807, 2.05) is 54.6 Å². The molecule has 0 atom stereocenters. The third kappa shape index (κ3) is 12.3. The zero-order valence-electron chi connectivity index (χ0n) is 36.2. The molecule has 7 aromatic rings. The maximum absolute atomic E-state index is 4.54. The Morgan fingerprint density at radius 2 is 0.439 bits per heavy atom. The standard InChI is InChI=1S/C57H27N9/c1-7-13-40-31-43-19-25-52-58-49(16-10-4)60-54(64-52)27-21-45-33-41(14-8-2)35-47(38-45)23-29-56-62-51(18-12-6)63-57(66-56)30-24-48-36-42(15-9-3)34-46(39-48)22-28-55-61-50(17-11-5)59-53(65-55)26-20-44(32-40)37-43/h31-39H,1-6H3. The summed E-state index contributed by atoms with van der Waals surface area (Å²) in [6.07, 6.45) is 0. The van der Waals surface area contributed by atoms with Crippen molar-refractivity contribution in [2.75, 3.05) is 0 Å². The van der Waals surface area contributed by atoms with E-state index in [-0.39, 0.29) is 51.4 Å². The van der Waals surface area contributed by atoms with Gasteiger partial charge in [0.25, 0.3) is 0 Å². The summed E-state index contributed by atoms with van der Waals surface area (Å²) >= 11 is 0. The molecule has 0 aliphatic rings. The van der Waals surface area contributed by atoms with Crippen molar-refractivity contribution in [3.63, 3.8) is 0 Å². The average molecular weight is 838 g/mol. The maximum atomic E-state index is 4.54. The van der Waals surface area contributed by atoms with E-state index in [2.05, 4.69) is 189 Å². The summed E-state index contributed by atoms with van der Waals surface area (Å²) in [6.45, 7) is 10.3. The van der Waals surface area contributed by atoms with Crippen molar-refractivity contribution in [1.29, 1.82) is 0 Å². The van der Waals surface area contributed by atoms with Crippen molar-refractivity contribution in [1.82, 2.24) is 44.9 Å². The molecule has 300 valence electrons. The van der Waals surface area contributed by atoms with Crippen molar-refractivity contribution >= 4 is 66.2 Å². The summed E-state index contributed by atoms with van der Waals surface area (Å²) in [5.41, 5.74) is 3.11. The molecule has 0 saturated carbocycles. The van der Waals surface area contributed by atoms with E-state index in [9.17, 15) is 0 Å². The van der Waals surface area contributed by atoms with Crippen LogP contribution in [0.15, 0.2) is 54.6 Å². The number of hydrogen-bond acceptors (Lipinski definition) is 9. The van der Waals surface area contributed by atoms with Gasteiger partial charge in [-0.05, 0) is 150 Å². The molecule has 0 N–H and O–H groups in total. The summed E-state index contributed by atoms with van der Waals surface area (Å²) in [5, 5.41) is 3.66. The van der Waals surface area contributed by atoms with Gasteiger partial charge in [0.15, 0.2) is 0 Å². The van der Waals surface area contributed by atoms with Gasteiger partial charge in [0.2, 0.25) is 51.4 Å². The van der Waals surface area contributed by atoms with Crippen LogP contribution in [0.2, 0.25) is 0 Å². The average Bonchev–Trinajstić information content (AvgIpc) is 3.30. The molecule has 66 heavy (non-hydrogen) atoms. The number of benzene rings is 3. The minimum Gasteiger partial charge on any atom is -0.193 e. The molecule has 4 heterocycles. The van der Waals surface area contributed by atoms with Crippen molar-refractivity contribution < 1.29 is 0 Å². The van der Waals surface area contributed by atoms with Gasteiger partial charge >= 0.3 is 0 Å². The molecule has 7 rings (SSSR count). The first-order valence-electron chi connectivity index (χ1n) is 19.7. The Kier molecular flexibility index (Phi) is 14.0. The second-order valence-electron chi connectivity index (χ2n) is 13.1. The van der Waals surface area contributed by atoms with Crippen LogP contribution in [0, 0.1) is 144 Å². The second kappa shape index (κ2) is 21.3. The van der Waals surface area contributed by atoms with Gasteiger partial charge in [-0.3, -0.25) is 0 Å². The Labute approximate surface area is 383 Å². The zero-order chi connectivity index (χ0) is 46.1. The monoisotopic (exact) mass is 837 g/mol. The highest BCUT2D eigenvalue weighted by atomic mass is 15.0. The molecule has 0 saturated heterocycles. The lowest BCUT2D eigenvalue weighted by atomic mass is 10.1. The lowest BCUT2D eigenvalue weighted by molar-refractivity contribution is 1.13. The van der Waals surface area contributed by atoms with Gasteiger partial charge in [-0.25, -0.2) is 0 Å². The van der Waals surface area contributed by atoms with Crippen molar-refractivity contribution in [2.45, 2.75) is 41.5 Å². The normalized spacial score (nSPS) is 8.82. The fraction of sp³-hybridized carbons (Fsp3) is 0.105. The van der Waals surface area contributed by atoms with E-state index in [1.54, 1.807) is 41.5 Å². The molecule has 0 unspecified atom stereocenters. The number of nitrogens with zero attached hydrogens (tertiary/aromatic N) is 9. The Bertz CT molecular complexity index is 3020. The predicted molar refractivity (Wildman–Crippen MR) is 252 cm³/mol. The first-order valence-corrected chi connectivity index (χ1v) is 19.7. The molecule has 0 amide bonds. The van der Waals surface area contributed by atoms with E-state index >= 15 is 0 Å². The van der Waals surface area contributed by atoms with Crippen LogP contribution in [0.5, 0.6) is 0 Å². The molecule has 0 radical (unpaired) electrons. The lowest BCUT2D eigenvalue weighted by Gasteiger charge is -1.92. The maximum Gasteiger partial charge on any atom is 0.210 e. The van der Waals surface area contributed by atoms with E-state index < -0.39 is 0 Å². The van der Waals surface area contributed by atoms with Crippen molar-refractivity contribution in [3.05, 3.63) is 162 Å². The zero-order valence-corrected chi connectivity index (χ0v) is 36.2. The van der Waals surface area contributed by atoms with Gasteiger partial charge in [-0.2, -0.15) is 44.9 Å². The predicted octanol–water partition coefficient (Wildman–Crippen LogP) is 8.05. The summed E-state index contributed by atoms with van der Waals surface area (Å²) in [6, 6.07) is 53.7. The van der Waals surface area contributed by atoms with Gasteiger partial charge in [0.05, 0.1) is 0 Å². The van der Waals surface area contributed by atoms with Crippen LogP contribution in [-0.4, -0.2) is 44.9 Å². The molecule has 9 nitrogen and oxygen atoms in total. The molecule has 4 aromatic heterocycles. The Hall–Kier alpha value is -10.6. The Balaban J connectivity index is 1.57. The molecule has 3 aromatic carbocycles. The smallest absolute Gasteiger partial charge is 0.193 e. The van der Waals surface area contributed by atoms with Crippen LogP contribution < -0.4 is 0 Å². The van der Waals surface area contributed by atoms with Gasteiger partial charge in [-0.1, -0.05) is 71.9 Å². The first-order chi connectivity index (χ1) is 32.3. The summed E-state index contributed by atoms with van der Waals surface area (Å²) in [4.78, 5) is 40.3. The Morgan fingerprint density at radius 3 is 0.621 bits per heavy atom. The minimum absolute atomic E-state index is 0.168. The molecule has 0 aliphatic heterocycles. The molecule has 0 aliphatic carbocycles. The van der Waals surface area contributed by atoms with E-state index in [1.165, 1.54) is 0 Å². The van der Waals surface area contributed by atoms with Crippen LogP contribution in [0.3, 0.4) is 0 Å². The van der Waals surface area contributed by atoms with Gasteiger partial charge in [0.1, 0.15) is 0 Å². The topological polar surface area (TPSA) is 116 Å². The SMILES string of the molecule is CC#Cc1cc2c#cc3nc(C#CC)nc(c#cc4cc(C#CC)cc(c#cc5nc(C#CC)nc(c#cc6cc(C#CC)cc(c#cc7nc(C#CC)nc(c#cc(c1)c2)n7)c6)n5)c4)n3. The second-order valence-corrected chi connectivity index (χ2v) is 13.1. The Morgan fingerprint density at radius 1 is 0.242 bits per heavy atom. The van der Waals surface area contributed by atoms with Gasteiger partial charge in [0, 0.05) is 49.0 Å². The van der Waals surface area contributed by atoms with Crippen molar-refractivity contribution in [2.24, 2.45) is 0 Å². The number of hydrogen-bond donors (Lipinski definition) is 0. The lowest BCUT2D eigenvalue weighted by Crippen LogP contribution is -1.91. The molecule has 0 fully saturated rings. The highest BCUT2D eigenvalue weighted by Crippen LogP contribution is 2.12. The van der Waals surface area contributed by atoms with Gasteiger partial charge < -0.3 is 0 Å². The van der Waals surface area contributed by atoms with Crippen LogP contribution >= 0.6 is 0 Å². The van der Waals surface area contributed by atoms with E-state index in [0.717, 1.165) is 0 Å². The van der Waals surface area contributed by atoms with E-state index in [4.69, 9.17) is 0 Å². The van der Waals surface area contributed by atoms with Crippen molar-refractivity contribution in [3.8, 4) is 71.0 Å². The largest absolute Gasteiger partial charge is 0.210 e. The highest BCUT2D eigenvalue weighted by molar-refractivity contribution is 5.71. The molecule has 0 spiro atoms. The molecule has 9 heteroatoms. The highest BCUT2D eigenvalue weighted by Gasteiger charge is 1.99. The summed E-state index contributed by atoms with van der Waals surface area (Å²) < 4.78 is 0. The van der Waals surface area contributed by atoms with Crippen LogP contribution in [-0.2, 0) is 0 Å². The first kappa shape index (κ1) is 43.5. The summed E-state index contributed by atoms with van der Waals surface area (Å²) in [7, 11) is 0. The van der Waals surface area contributed by atoms with Gasteiger partial charge in [-0.15, -0.1) is 17.8 Å². The van der Waals surface area contributed by atoms with Crippen LogP contribution in [0.4, 0.5) is 0 Å². The fourth-order valence-electron chi connectivity index (χ4n) is 5.70. The van der Waals surface area contributed by atoms with Crippen LogP contribution in [0.1, 0.15) is 75.7 Å². The quantitative estimate of drug-likeness (QED) is 0.140. The van der Waals surface area contributed by atoms with Crippen LogP contribution in [0.25, 0.3) is 66.2 Å².